The maximum Gasteiger partial charge on any atom is 0.253 e. The number of likely N-dealkylation sites (tertiary alicyclic amines) is 1. The summed E-state index contributed by atoms with van der Waals surface area (Å²) in [5.41, 5.74) is 1.56. The quantitative estimate of drug-likeness (QED) is 0.871. The summed E-state index contributed by atoms with van der Waals surface area (Å²) >= 11 is 0. The Morgan fingerprint density at radius 3 is 2.67 bits per heavy atom. The van der Waals surface area contributed by atoms with Crippen molar-refractivity contribution in [2.24, 2.45) is 5.92 Å². The minimum atomic E-state index is -0.789. The van der Waals surface area contributed by atoms with Gasteiger partial charge in [0.2, 0.25) is 0 Å². The van der Waals surface area contributed by atoms with Crippen molar-refractivity contribution in [1.82, 2.24) is 4.90 Å². The molecule has 0 spiro atoms. The molecule has 2 unspecified atom stereocenters. The first-order valence-electron chi connectivity index (χ1n) is 9.29. The Labute approximate surface area is 159 Å². The van der Waals surface area contributed by atoms with Crippen LogP contribution in [0, 0.1) is 11.7 Å². The second kappa shape index (κ2) is 8.19. The maximum absolute atomic E-state index is 13.1. The standard InChI is InChI=1S/C22H26FNO3/c1-16-15-24(12-10-22(16,26)11-13-27-2)21(25)19-5-3-4-18(14-19)17-6-8-20(23)9-7-17/h3-9,14,16,26H,10-13,15H2,1-2H3. The smallest absolute Gasteiger partial charge is 0.253 e. The molecule has 4 nitrogen and oxygen atoms in total. The Balaban J connectivity index is 1.73. The van der Waals surface area contributed by atoms with E-state index in [1.54, 1.807) is 30.2 Å². The number of piperidine rings is 1. The van der Waals surface area contributed by atoms with E-state index in [2.05, 4.69) is 0 Å². The molecule has 5 heteroatoms. The molecule has 1 aliphatic rings. The van der Waals surface area contributed by atoms with Crippen LogP contribution in [0.2, 0.25) is 0 Å². The van der Waals surface area contributed by atoms with Crippen molar-refractivity contribution in [1.29, 1.82) is 0 Å². The van der Waals surface area contributed by atoms with Gasteiger partial charge in [-0.1, -0.05) is 31.2 Å². The number of rotatable bonds is 5. The SMILES string of the molecule is COCCC1(O)CCN(C(=O)c2cccc(-c3ccc(F)cc3)c2)CC1C. The third-order valence-corrected chi connectivity index (χ3v) is 5.54. The van der Waals surface area contributed by atoms with Gasteiger partial charge in [0.05, 0.1) is 5.60 Å². The van der Waals surface area contributed by atoms with Gasteiger partial charge in [-0.3, -0.25) is 4.79 Å². The van der Waals surface area contributed by atoms with Crippen molar-refractivity contribution in [3.8, 4) is 11.1 Å². The van der Waals surface area contributed by atoms with E-state index < -0.39 is 5.60 Å². The molecule has 0 saturated carbocycles. The van der Waals surface area contributed by atoms with Gasteiger partial charge in [0, 0.05) is 38.3 Å². The summed E-state index contributed by atoms with van der Waals surface area (Å²) in [4.78, 5) is 14.8. The zero-order valence-corrected chi connectivity index (χ0v) is 15.8. The number of nitrogens with zero attached hydrogens (tertiary/aromatic N) is 1. The number of hydrogen-bond donors (Lipinski definition) is 1. The van der Waals surface area contributed by atoms with Gasteiger partial charge in [-0.25, -0.2) is 4.39 Å². The highest BCUT2D eigenvalue weighted by atomic mass is 19.1. The number of halogens is 1. The molecule has 0 radical (unpaired) electrons. The van der Waals surface area contributed by atoms with Gasteiger partial charge < -0.3 is 14.7 Å². The van der Waals surface area contributed by atoms with Gasteiger partial charge in [0.1, 0.15) is 5.82 Å². The lowest BCUT2D eigenvalue weighted by Crippen LogP contribution is -2.52. The van der Waals surface area contributed by atoms with Gasteiger partial charge in [0.25, 0.3) is 5.91 Å². The van der Waals surface area contributed by atoms with E-state index in [1.807, 2.05) is 25.1 Å². The van der Waals surface area contributed by atoms with Crippen LogP contribution in [0.5, 0.6) is 0 Å². The van der Waals surface area contributed by atoms with E-state index in [0.29, 0.717) is 38.1 Å². The summed E-state index contributed by atoms with van der Waals surface area (Å²) in [5.74, 6) is -0.348. The summed E-state index contributed by atoms with van der Waals surface area (Å²) in [5, 5.41) is 10.8. The zero-order chi connectivity index (χ0) is 19.4. The molecule has 1 heterocycles. The summed E-state index contributed by atoms with van der Waals surface area (Å²) in [6, 6.07) is 13.6. The van der Waals surface area contributed by atoms with Crippen LogP contribution in [0.15, 0.2) is 48.5 Å². The Kier molecular flexibility index (Phi) is 5.92. The van der Waals surface area contributed by atoms with Crippen molar-refractivity contribution in [3.63, 3.8) is 0 Å². The average Bonchev–Trinajstić information content (AvgIpc) is 2.69. The molecule has 3 rings (SSSR count). The molecule has 0 aromatic heterocycles. The van der Waals surface area contributed by atoms with Gasteiger partial charge in [-0.05, 0) is 48.2 Å². The Hall–Kier alpha value is -2.24. The molecule has 1 fully saturated rings. The Morgan fingerprint density at radius 1 is 1.26 bits per heavy atom. The first kappa shape index (κ1) is 19.5. The van der Waals surface area contributed by atoms with Gasteiger partial charge in [0.15, 0.2) is 0 Å². The molecule has 27 heavy (non-hydrogen) atoms. The van der Waals surface area contributed by atoms with E-state index in [-0.39, 0.29) is 17.6 Å². The molecule has 1 aliphatic heterocycles. The molecule has 2 atom stereocenters. The van der Waals surface area contributed by atoms with E-state index in [1.165, 1.54) is 12.1 Å². The first-order chi connectivity index (χ1) is 12.9. The number of amides is 1. The number of hydrogen-bond acceptors (Lipinski definition) is 3. The van der Waals surface area contributed by atoms with Crippen LogP contribution in [0.4, 0.5) is 4.39 Å². The lowest BCUT2D eigenvalue weighted by Gasteiger charge is -2.43. The van der Waals surface area contributed by atoms with Gasteiger partial charge in [-0.15, -0.1) is 0 Å². The summed E-state index contributed by atoms with van der Waals surface area (Å²) in [7, 11) is 1.63. The van der Waals surface area contributed by atoms with Crippen LogP contribution in [-0.4, -0.2) is 48.3 Å². The largest absolute Gasteiger partial charge is 0.389 e. The topological polar surface area (TPSA) is 49.8 Å². The fourth-order valence-corrected chi connectivity index (χ4v) is 3.66. The lowest BCUT2D eigenvalue weighted by molar-refractivity contribution is -0.0750. The van der Waals surface area contributed by atoms with Crippen LogP contribution in [0.25, 0.3) is 11.1 Å². The van der Waals surface area contributed by atoms with Crippen molar-refractivity contribution < 1.29 is 19.0 Å². The molecule has 2 aromatic rings. The van der Waals surface area contributed by atoms with Crippen molar-refractivity contribution in [3.05, 3.63) is 59.9 Å². The summed E-state index contributed by atoms with van der Waals surface area (Å²) < 4.78 is 18.2. The Bertz CT molecular complexity index is 792. The number of carbonyl (C=O) groups excluding carboxylic acids is 1. The normalized spacial score (nSPS) is 22.7. The number of ether oxygens (including phenoxy) is 1. The van der Waals surface area contributed by atoms with Gasteiger partial charge >= 0.3 is 0 Å². The molecule has 1 amide bonds. The summed E-state index contributed by atoms with van der Waals surface area (Å²) in [6.07, 6.45) is 1.12. The molecular formula is C22H26FNO3. The van der Waals surface area contributed by atoms with Crippen LogP contribution < -0.4 is 0 Å². The molecule has 2 aromatic carbocycles. The number of carbonyl (C=O) groups is 1. The molecule has 0 bridgehead atoms. The predicted octanol–water partition coefficient (Wildman–Crippen LogP) is 3.74. The van der Waals surface area contributed by atoms with E-state index in [9.17, 15) is 14.3 Å². The molecule has 1 saturated heterocycles. The highest BCUT2D eigenvalue weighted by Gasteiger charge is 2.39. The molecule has 144 valence electrons. The second-order valence-electron chi connectivity index (χ2n) is 7.34. The fourth-order valence-electron chi connectivity index (χ4n) is 3.66. The average molecular weight is 371 g/mol. The highest BCUT2D eigenvalue weighted by Crippen LogP contribution is 2.32. The van der Waals surface area contributed by atoms with Crippen molar-refractivity contribution in [2.75, 3.05) is 26.8 Å². The first-order valence-corrected chi connectivity index (χ1v) is 9.29. The lowest BCUT2D eigenvalue weighted by atomic mass is 9.79. The number of aliphatic hydroxyl groups is 1. The van der Waals surface area contributed by atoms with E-state index >= 15 is 0 Å². The van der Waals surface area contributed by atoms with Crippen LogP contribution in [-0.2, 0) is 4.74 Å². The minimum absolute atomic E-state index is 0.0226. The number of methoxy groups -OCH3 is 1. The highest BCUT2D eigenvalue weighted by molar-refractivity contribution is 5.95. The van der Waals surface area contributed by atoms with Crippen molar-refractivity contribution >= 4 is 5.91 Å². The van der Waals surface area contributed by atoms with Crippen LogP contribution in [0.1, 0.15) is 30.1 Å². The van der Waals surface area contributed by atoms with Crippen LogP contribution in [0.3, 0.4) is 0 Å². The van der Waals surface area contributed by atoms with Crippen LogP contribution >= 0.6 is 0 Å². The summed E-state index contributed by atoms with van der Waals surface area (Å²) in [6.45, 7) is 3.52. The monoisotopic (exact) mass is 371 g/mol. The number of benzene rings is 2. The van der Waals surface area contributed by atoms with E-state index in [4.69, 9.17) is 4.74 Å². The third kappa shape index (κ3) is 4.37. The minimum Gasteiger partial charge on any atom is -0.389 e. The van der Waals surface area contributed by atoms with E-state index in [0.717, 1.165) is 11.1 Å². The molecule has 1 N–H and O–H groups in total. The Morgan fingerprint density at radius 2 is 2.00 bits per heavy atom. The molecular weight excluding hydrogens is 345 g/mol. The second-order valence-corrected chi connectivity index (χ2v) is 7.34. The third-order valence-electron chi connectivity index (χ3n) is 5.54. The molecule has 0 aliphatic carbocycles. The predicted molar refractivity (Wildman–Crippen MR) is 103 cm³/mol. The van der Waals surface area contributed by atoms with Gasteiger partial charge in [-0.2, -0.15) is 0 Å². The maximum atomic E-state index is 13.1. The fraction of sp³-hybridized carbons (Fsp3) is 0.409. The van der Waals surface area contributed by atoms with Crippen molar-refractivity contribution in [2.45, 2.75) is 25.4 Å². The zero-order valence-electron chi connectivity index (χ0n) is 15.8.